The number of β-amino-alcohol motifs (C(OH)–C–C–N with tert-alkyl or cyclic N) is 2. The molecule has 1 aromatic carbocycles. The number of amides is 1. The lowest BCUT2D eigenvalue weighted by atomic mass is 10.1. The van der Waals surface area contributed by atoms with E-state index in [0.717, 1.165) is 11.8 Å². The fourth-order valence-electron chi connectivity index (χ4n) is 4.13. The highest BCUT2D eigenvalue weighted by molar-refractivity contribution is 5.97. The quantitative estimate of drug-likeness (QED) is 0.424. The van der Waals surface area contributed by atoms with E-state index in [2.05, 4.69) is 4.98 Å². The van der Waals surface area contributed by atoms with Gasteiger partial charge in [0.1, 0.15) is 23.1 Å². The number of fused-ring (bicyclic) bond motifs is 1. The van der Waals surface area contributed by atoms with Gasteiger partial charge in [-0.1, -0.05) is 6.92 Å². The molecule has 1 aliphatic rings. The summed E-state index contributed by atoms with van der Waals surface area (Å²) >= 11 is 0. The Morgan fingerprint density at radius 1 is 1.08 bits per heavy atom. The number of carbonyl (C=O) groups is 1. The molecular formula is C23H19F7N4O4. The van der Waals surface area contributed by atoms with Gasteiger partial charge in [-0.3, -0.25) is 14.2 Å². The average Bonchev–Trinajstić information content (AvgIpc) is 3.14. The minimum Gasteiger partial charge on any atom is -0.389 e. The van der Waals surface area contributed by atoms with Crippen LogP contribution in [-0.4, -0.2) is 63.2 Å². The highest BCUT2D eigenvalue weighted by Gasteiger charge is 2.40. The van der Waals surface area contributed by atoms with E-state index in [1.165, 1.54) is 0 Å². The third-order valence-corrected chi connectivity index (χ3v) is 6.05. The number of pyridine rings is 2. The monoisotopic (exact) mass is 548 g/mol. The number of aliphatic hydroxyl groups excluding tert-OH is 2. The van der Waals surface area contributed by atoms with Crippen molar-refractivity contribution in [3.05, 3.63) is 63.5 Å². The lowest BCUT2D eigenvalue weighted by molar-refractivity contribution is -0.153. The van der Waals surface area contributed by atoms with E-state index in [1.54, 1.807) is 5.32 Å². The molecule has 0 spiro atoms. The number of anilines is 1. The Hall–Kier alpha value is -3.72. The van der Waals surface area contributed by atoms with Crippen molar-refractivity contribution < 1.29 is 45.7 Å². The van der Waals surface area contributed by atoms with Crippen LogP contribution in [0.15, 0.2) is 29.2 Å². The minimum absolute atomic E-state index is 0.274. The average molecular weight is 548 g/mol. The summed E-state index contributed by atoms with van der Waals surface area (Å²) in [6.45, 7) is 0.528. The first-order valence-electron chi connectivity index (χ1n) is 11.1. The topological polar surface area (TPSA) is 108 Å². The standard InChI is InChI=1S/C23H19F7N4O4/c1-2-17(23(28,29)30)31-22(38)11-6-34(18-12(25)3-9(24)4-13(18)26)20-10(19(11)37)5-14(27)21(32-20)33-7-15(35)16(36)8-33/h3-6,15-17,35-36H,2,7-8H2,1H3,(H,31,38)/t15-,16-,17+/m0/s1. The Kier molecular flexibility index (Phi) is 7.09. The van der Waals surface area contributed by atoms with Crippen LogP contribution in [0.5, 0.6) is 0 Å². The van der Waals surface area contributed by atoms with Crippen molar-refractivity contribution in [1.82, 2.24) is 14.9 Å². The molecule has 1 fully saturated rings. The summed E-state index contributed by atoms with van der Waals surface area (Å²) in [5.74, 6) is -7.66. The molecule has 0 radical (unpaired) electrons. The fraction of sp³-hybridized carbons (Fsp3) is 0.348. The zero-order valence-electron chi connectivity index (χ0n) is 19.4. The maximum atomic E-state index is 15.0. The van der Waals surface area contributed by atoms with Gasteiger partial charge in [0.2, 0.25) is 5.43 Å². The second-order valence-corrected chi connectivity index (χ2v) is 8.64. The van der Waals surface area contributed by atoms with Crippen LogP contribution in [0.25, 0.3) is 16.7 Å². The first-order valence-corrected chi connectivity index (χ1v) is 11.1. The Labute approximate surface area is 208 Å². The van der Waals surface area contributed by atoms with E-state index in [0.29, 0.717) is 16.8 Å². The van der Waals surface area contributed by atoms with Crippen molar-refractivity contribution in [2.75, 3.05) is 18.0 Å². The number of benzene rings is 1. The minimum atomic E-state index is -4.89. The van der Waals surface area contributed by atoms with Gasteiger partial charge < -0.3 is 20.4 Å². The number of aromatic nitrogens is 2. The number of alkyl halides is 3. The molecule has 204 valence electrons. The van der Waals surface area contributed by atoms with Crippen LogP contribution in [0.1, 0.15) is 23.7 Å². The molecular weight excluding hydrogens is 529 g/mol. The molecule has 1 saturated heterocycles. The van der Waals surface area contributed by atoms with E-state index in [1.807, 2.05) is 0 Å². The first-order chi connectivity index (χ1) is 17.7. The third kappa shape index (κ3) is 4.90. The number of nitrogens with one attached hydrogen (secondary N) is 1. The number of aliphatic hydroxyl groups is 2. The van der Waals surface area contributed by atoms with Crippen molar-refractivity contribution in [1.29, 1.82) is 0 Å². The van der Waals surface area contributed by atoms with Gasteiger partial charge in [0.15, 0.2) is 28.9 Å². The second-order valence-electron chi connectivity index (χ2n) is 8.64. The number of halogens is 7. The number of hydrogen-bond acceptors (Lipinski definition) is 6. The molecule has 0 bridgehead atoms. The molecule has 1 aliphatic heterocycles. The zero-order valence-corrected chi connectivity index (χ0v) is 19.4. The van der Waals surface area contributed by atoms with Crippen molar-refractivity contribution >= 4 is 22.8 Å². The molecule has 38 heavy (non-hydrogen) atoms. The summed E-state index contributed by atoms with van der Waals surface area (Å²) in [6, 6.07) is -1.26. The van der Waals surface area contributed by atoms with E-state index >= 15 is 4.39 Å². The summed E-state index contributed by atoms with van der Waals surface area (Å²) in [4.78, 5) is 30.8. The number of nitrogens with zero attached hydrogens (tertiary/aromatic N) is 3. The number of hydrogen-bond donors (Lipinski definition) is 3. The lowest BCUT2D eigenvalue weighted by Gasteiger charge is -2.21. The van der Waals surface area contributed by atoms with Crippen LogP contribution in [-0.2, 0) is 0 Å². The van der Waals surface area contributed by atoms with Crippen molar-refractivity contribution in [2.45, 2.75) is 37.8 Å². The SMILES string of the molecule is CC[C@@H](NC(=O)c1cn(-c2c(F)cc(F)cc2F)c2nc(N3C[C@H](O)[C@@H](O)C3)c(F)cc2c1=O)C(F)(F)F. The Bertz CT molecular complexity index is 1440. The summed E-state index contributed by atoms with van der Waals surface area (Å²) in [5.41, 5.74) is -4.01. The molecule has 3 atom stereocenters. The van der Waals surface area contributed by atoms with Gasteiger partial charge in [-0.15, -0.1) is 0 Å². The highest BCUT2D eigenvalue weighted by atomic mass is 19.4. The van der Waals surface area contributed by atoms with Gasteiger partial charge >= 0.3 is 6.18 Å². The molecule has 3 N–H and O–H groups in total. The summed E-state index contributed by atoms with van der Waals surface area (Å²) < 4.78 is 98.2. The van der Waals surface area contributed by atoms with Crippen LogP contribution >= 0.6 is 0 Å². The molecule has 0 aliphatic carbocycles. The number of rotatable bonds is 5. The van der Waals surface area contributed by atoms with Gasteiger partial charge in [-0.05, 0) is 12.5 Å². The van der Waals surface area contributed by atoms with Crippen LogP contribution in [0.4, 0.5) is 36.6 Å². The predicted molar refractivity (Wildman–Crippen MR) is 119 cm³/mol. The lowest BCUT2D eigenvalue weighted by Crippen LogP contribution is -2.46. The smallest absolute Gasteiger partial charge is 0.389 e. The van der Waals surface area contributed by atoms with Crippen LogP contribution < -0.4 is 15.6 Å². The summed E-state index contributed by atoms with van der Waals surface area (Å²) in [6.07, 6.45) is -7.54. The van der Waals surface area contributed by atoms with Crippen molar-refractivity contribution in [3.8, 4) is 5.69 Å². The molecule has 0 saturated carbocycles. The zero-order chi connectivity index (χ0) is 28.1. The normalized spacial score (nSPS) is 18.7. The highest BCUT2D eigenvalue weighted by Crippen LogP contribution is 2.29. The van der Waals surface area contributed by atoms with Gasteiger partial charge in [-0.25, -0.2) is 22.5 Å². The third-order valence-electron chi connectivity index (χ3n) is 6.05. The molecule has 4 rings (SSSR count). The maximum Gasteiger partial charge on any atom is 0.408 e. The Morgan fingerprint density at radius 2 is 1.66 bits per heavy atom. The van der Waals surface area contributed by atoms with E-state index in [9.17, 15) is 46.1 Å². The van der Waals surface area contributed by atoms with Crippen LogP contribution in [0, 0.1) is 23.3 Å². The van der Waals surface area contributed by atoms with E-state index < -0.39 is 93.6 Å². The van der Waals surface area contributed by atoms with E-state index in [-0.39, 0.29) is 25.2 Å². The molecule has 1 amide bonds. The van der Waals surface area contributed by atoms with Gasteiger partial charge in [0.05, 0.1) is 17.6 Å². The van der Waals surface area contributed by atoms with Crippen LogP contribution in [0.3, 0.4) is 0 Å². The van der Waals surface area contributed by atoms with Crippen molar-refractivity contribution in [3.63, 3.8) is 0 Å². The predicted octanol–water partition coefficient (Wildman–Crippen LogP) is 2.55. The van der Waals surface area contributed by atoms with Gasteiger partial charge in [-0.2, -0.15) is 13.2 Å². The van der Waals surface area contributed by atoms with E-state index in [4.69, 9.17) is 0 Å². The molecule has 15 heteroatoms. The molecule has 3 heterocycles. The largest absolute Gasteiger partial charge is 0.408 e. The van der Waals surface area contributed by atoms with Gasteiger partial charge in [0, 0.05) is 31.4 Å². The second kappa shape index (κ2) is 9.87. The Balaban J connectivity index is 1.99. The number of carbonyl (C=O) groups excluding carboxylic acids is 1. The fourth-order valence-corrected chi connectivity index (χ4v) is 4.13. The maximum absolute atomic E-state index is 15.0. The summed E-state index contributed by atoms with van der Waals surface area (Å²) in [7, 11) is 0. The summed E-state index contributed by atoms with van der Waals surface area (Å²) in [5, 5.41) is 20.5. The molecule has 0 unspecified atom stereocenters. The molecule has 3 aromatic rings. The first kappa shape index (κ1) is 27.3. The molecule has 8 nitrogen and oxygen atoms in total. The molecule has 2 aromatic heterocycles. The van der Waals surface area contributed by atoms with Crippen molar-refractivity contribution in [2.24, 2.45) is 0 Å². The Morgan fingerprint density at radius 3 is 2.18 bits per heavy atom. The van der Waals surface area contributed by atoms with Gasteiger partial charge in [0.25, 0.3) is 5.91 Å². The van der Waals surface area contributed by atoms with Crippen LogP contribution in [0.2, 0.25) is 0 Å².